The number of hydrogen-bond acceptors (Lipinski definition) is 7. The van der Waals surface area contributed by atoms with Crippen molar-refractivity contribution in [3.8, 4) is 17.4 Å². The number of carbonyl (C=O) groups is 1. The second-order valence-electron chi connectivity index (χ2n) is 7.76. The molecule has 0 aliphatic carbocycles. The number of morpholine rings is 1. The summed E-state index contributed by atoms with van der Waals surface area (Å²) in [6.45, 7) is 2.63. The predicted octanol–water partition coefficient (Wildman–Crippen LogP) is 2.31. The van der Waals surface area contributed by atoms with Gasteiger partial charge in [0.15, 0.2) is 0 Å². The Balaban J connectivity index is 1.51. The van der Waals surface area contributed by atoms with Gasteiger partial charge in [0.25, 0.3) is 5.91 Å². The Kier molecular flexibility index (Phi) is 7.05. The third-order valence-electron chi connectivity index (χ3n) is 5.47. The number of aliphatic hydroxyl groups excluding tert-OH is 2. The van der Waals surface area contributed by atoms with Crippen LogP contribution in [0.1, 0.15) is 5.76 Å². The van der Waals surface area contributed by atoms with Crippen LogP contribution in [0.2, 0.25) is 0 Å². The molecule has 1 fully saturated rings. The molecule has 1 atom stereocenters. The predicted molar refractivity (Wildman–Crippen MR) is 124 cm³/mol. The number of hydrogen-bond donors (Lipinski definition) is 3. The summed E-state index contributed by atoms with van der Waals surface area (Å²) in [6, 6.07) is 17.7. The molecule has 2 aromatic carbocycles. The lowest BCUT2D eigenvalue weighted by molar-refractivity contribution is -0.117. The molecular formula is C25H25N3O5. The molecule has 3 N–H and O–H groups in total. The Hall–Kier alpha value is -3.64. The van der Waals surface area contributed by atoms with Crippen LogP contribution < -0.4 is 10.2 Å². The fourth-order valence-electron chi connectivity index (χ4n) is 3.65. The van der Waals surface area contributed by atoms with Crippen LogP contribution in [0.5, 0.6) is 0 Å². The summed E-state index contributed by atoms with van der Waals surface area (Å²) in [6.07, 6.45) is 0.266. The van der Waals surface area contributed by atoms with Gasteiger partial charge in [-0.15, -0.1) is 0 Å². The van der Waals surface area contributed by atoms with Crippen molar-refractivity contribution in [1.29, 1.82) is 5.26 Å². The second-order valence-corrected chi connectivity index (χ2v) is 7.76. The Morgan fingerprint density at radius 1 is 1.15 bits per heavy atom. The lowest BCUT2D eigenvalue weighted by Gasteiger charge is -2.29. The smallest absolute Gasteiger partial charge is 0.262 e. The number of nitrogens with one attached hydrogen (secondary N) is 1. The fourth-order valence-corrected chi connectivity index (χ4v) is 3.65. The highest BCUT2D eigenvalue weighted by Crippen LogP contribution is 2.29. The van der Waals surface area contributed by atoms with E-state index in [4.69, 9.17) is 14.3 Å². The number of rotatable bonds is 7. The maximum absolute atomic E-state index is 12.1. The van der Waals surface area contributed by atoms with Crippen molar-refractivity contribution in [1.82, 2.24) is 5.32 Å². The number of nitrogens with zero attached hydrogens (tertiary/aromatic N) is 2. The minimum atomic E-state index is -1.08. The molecule has 1 aliphatic rings. The van der Waals surface area contributed by atoms with Gasteiger partial charge < -0.3 is 29.6 Å². The first kappa shape index (κ1) is 22.6. The van der Waals surface area contributed by atoms with E-state index in [1.807, 2.05) is 24.3 Å². The van der Waals surface area contributed by atoms with Crippen molar-refractivity contribution in [2.75, 3.05) is 44.4 Å². The maximum Gasteiger partial charge on any atom is 0.262 e. The van der Waals surface area contributed by atoms with Crippen molar-refractivity contribution < 1.29 is 24.2 Å². The van der Waals surface area contributed by atoms with Gasteiger partial charge in [0.05, 0.1) is 25.9 Å². The molecule has 0 saturated carbocycles. The molecule has 0 bridgehead atoms. The van der Waals surface area contributed by atoms with Crippen LogP contribution in [0.3, 0.4) is 0 Å². The topological polar surface area (TPSA) is 119 Å². The van der Waals surface area contributed by atoms with Gasteiger partial charge in [-0.2, -0.15) is 5.26 Å². The van der Waals surface area contributed by atoms with Gasteiger partial charge in [-0.3, -0.25) is 4.79 Å². The maximum atomic E-state index is 12.1. The first-order chi connectivity index (χ1) is 16.1. The van der Waals surface area contributed by atoms with Crippen LogP contribution >= 0.6 is 0 Å². The molecule has 0 spiro atoms. The van der Waals surface area contributed by atoms with Gasteiger partial charge >= 0.3 is 0 Å². The van der Waals surface area contributed by atoms with Gasteiger partial charge in [-0.25, -0.2) is 0 Å². The van der Waals surface area contributed by atoms with E-state index in [9.17, 15) is 15.2 Å². The largest absolute Gasteiger partial charge is 0.457 e. The normalized spacial score (nSPS) is 15.3. The molecule has 8 nitrogen and oxygen atoms in total. The molecule has 0 radical (unpaired) electrons. The van der Waals surface area contributed by atoms with E-state index in [0.29, 0.717) is 11.5 Å². The molecule has 1 aliphatic heterocycles. The SMILES string of the molecule is N#C/C(=C\c1ccc(-c2ccc3cc(N4CCOCC4)ccc3c2)o1)C(=O)NCC(O)CO. The van der Waals surface area contributed by atoms with Gasteiger partial charge in [0.2, 0.25) is 0 Å². The molecule has 3 aromatic rings. The van der Waals surface area contributed by atoms with Crippen LogP contribution in [0, 0.1) is 11.3 Å². The van der Waals surface area contributed by atoms with Crippen molar-refractivity contribution in [3.05, 3.63) is 59.9 Å². The Labute approximate surface area is 191 Å². The summed E-state index contributed by atoms with van der Waals surface area (Å²) >= 11 is 0. The number of amides is 1. The zero-order valence-corrected chi connectivity index (χ0v) is 18.0. The van der Waals surface area contributed by atoms with Crippen molar-refractivity contribution in [2.45, 2.75) is 6.10 Å². The number of furan rings is 1. The summed E-state index contributed by atoms with van der Waals surface area (Å²) in [5.74, 6) is 0.334. The zero-order chi connectivity index (χ0) is 23.2. The minimum absolute atomic E-state index is 0.151. The minimum Gasteiger partial charge on any atom is -0.457 e. The third-order valence-corrected chi connectivity index (χ3v) is 5.47. The van der Waals surface area contributed by atoms with E-state index in [0.717, 1.165) is 42.6 Å². The van der Waals surface area contributed by atoms with Crippen LogP contribution in [0.4, 0.5) is 5.69 Å². The number of fused-ring (bicyclic) bond motifs is 1. The van der Waals surface area contributed by atoms with E-state index < -0.39 is 18.6 Å². The van der Waals surface area contributed by atoms with Crippen LogP contribution in [0.25, 0.3) is 28.2 Å². The number of nitriles is 1. The standard InChI is InChI=1S/C25H25N3O5/c26-14-20(25(31)27-15-22(30)16-29)13-23-5-6-24(33-23)19-2-1-18-12-21(4-3-17(18)11-19)28-7-9-32-10-8-28/h1-6,11-13,22,29-30H,7-10,15-16H2,(H,27,31)/b20-13+. The van der Waals surface area contributed by atoms with Crippen LogP contribution in [-0.2, 0) is 9.53 Å². The van der Waals surface area contributed by atoms with E-state index in [2.05, 4.69) is 28.4 Å². The van der Waals surface area contributed by atoms with Gasteiger partial charge in [0.1, 0.15) is 23.2 Å². The molecular weight excluding hydrogens is 422 g/mol. The van der Waals surface area contributed by atoms with Gasteiger partial charge in [-0.05, 0) is 41.1 Å². The second kappa shape index (κ2) is 10.3. The molecule has 1 aromatic heterocycles. The number of benzene rings is 2. The first-order valence-electron chi connectivity index (χ1n) is 10.7. The third kappa shape index (κ3) is 5.41. The number of aliphatic hydroxyl groups is 2. The van der Waals surface area contributed by atoms with Gasteiger partial charge in [-0.1, -0.05) is 18.2 Å². The highest BCUT2D eigenvalue weighted by molar-refractivity contribution is 6.01. The molecule has 33 heavy (non-hydrogen) atoms. The molecule has 8 heteroatoms. The van der Waals surface area contributed by atoms with Gasteiger partial charge in [0, 0.05) is 37.0 Å². The lowest BCUT2D eigenvalue weighted by Crippen LogP contribution is -2.36. The molecule has 1 unspecified atom stereocenters. The Bertz CT molecular complexity index is 1200. The monoisotopic (exact) mass is 447 g/mol. The number of carbonyl (C=O) groups excluding carboxylic acids is 1. The number of ether oxygens (including phenoxy) is 1. The summed E-state index contributed by atoms with van der Waals surface area (Å²) in [4.78, 5) is 14.4. The number of anilines is 1. The van der Waals surface area contributed by atoms with E-state index in [1.165, 1.54) is 11.8 Å². The fraction of sp³-hybridized carbons (Fsp3) is 0.280. The average Bonchev–Trinajstić information content (AvgIpc) is 3.34. The Morgan fingerprint density at radius 2 is 1.91 bits per heavy atom. The molecule has 1 saturated heterocycles. The van der Waals surface area contributed by atoms with Crippen LogP contribution in [0.15, 0.2) is 58.5 Å². The van der Waals surface area contributed by atoms with Crippen LogP contribution in [-0.4, -0.2) is 61.7 Å². The van der Waals surface area contributed by atoms with Crippen molar-refractivity contribution >= 4 is 28.4 Å². The zero-order valence-electron chi connectivity index (χ0n) is 18.0. The van der Waals surface area contributed by atoms with E-state index in [-0.39, 0.29) is 12.1 Å². The molecule has 4 rings (SSSR count). The average molecular weight is 447 g/mol. The summed E-state index contributed by atoms with van der Waals surface area (Å²) < 4.78 is 11.3. The lowest BCUT2D eigenvalue weighted by atomic mass is 10.0. The molecule has 2 heterocycles. The van der Waals surface area contributed by atoms with Crippen molar-refractivity contribution in [3.63, 3.8) is 0 Å². The molecule has 170 valence electrons. The van der Waals surface area contributed by atoms with E-state index >= 15 is 0 Å². The summed E-state index contributed by atoms with van der Waals surface area (Å²) in [5.41, 5.74) is 1.91. The van der Waals surface area contributed by atoms with E-state index in [1.54, 1.807) is 12.1 Å². The highest BCUT2D eigenvalue weighted by atomic mass is 16.5. The molecule has 1 amide bonds. The first-order valence-corrected chi connectivity index (χ1v) is 10.7. The summed E-state index contributed by atoms with van der Waals surface area (Å²) in [5, 5.41) is 32.1. The van der Waals surface area contributed by atoms with Crippen molar-refractivity contribution in [2.24, 2.45) is 0 Å². The Morgan fingerprint density at radius 3 is 2.67 bits per heavy atom. The highest BCUT2D eigenvalue weighted by Gasteiger charge is 2.14. The summed E-state index contributed by atoms with van der Waals surface area (Å²) in [7, 11) is 0. The quantitative estimate of drug-likeness (QED) is 0.376.